The van der Waals surface area contributed by atoms with E-state index in [0.717, 1.165) is 17.3 Å². The third-order valence-electron chi connectivity index (χ3n) is 3.29. The van der Waals surface area contributed by atoms with Crippen molar-refractivity contribution in [3.8, 4) is 11.3 Å². The number of aryl methyl sites for hydroxylation is 1. The standard InChI is InChI=1S/C17H14ClN3O3S/c1-2-15-19-17(21-20-15)25-14(16(22)23)9-12-7-8-13(24-12)10-3-5-11(18)6-4-10/h3-9H,2H2,1H3,(H,22,23)(H,19,20,21)/b14-9+. The van der Waals surface area contributed by atoms with Crippen LogP contribution in [0.25, 0.3) is 17.4 Å². The molecule has 0 atom stereocenters. The number of hydrogen-bond acceptors (Lipinski definition) is 5. The number of thioether (sulfide) groups is 1. The molecular weight excluding hydrogens is 362 g/mol. The number of aromatic amines is 1. The number of carboxylic acid groups (broad SMARTS) is 1. The van der Waals surface area contributed by atoms with Crippen LogP contribution in [0, 0.1) is 0 Å². The van der Waals surface area contributed by atoms with E-state index in [9.17, 15) is 9.90 Å². The fourth-order valence-corrected chi connectivity index (χ4v) is 2.88. The van der Waals surface area contributed by atoms with Gasteiger partial charge in [-0.3, -0.25) is 5.10 Å². The van der Waals surface area contributed by atoms with Crippen molar-refractivity contribution in [3.63, 3.8) is 0 Å². The highest BCUT2D eigenvalue weighted by Gasteiger charge is 2.14. The van der Waals surface area contributed by atoms with Crippen molar-refractivity contribution in [1.29, 1.82) is 0 Å². The average molecular weight is 376 g/mol. The molecule has 6 nitrogen and oxygen atoms in total. The number of carboxylic acids is 1. The summed E-state index contributed by atoms with van der Waals surface area (Å²) in [5.41, 5.74) is 0.857. The summed E-state index contributed by atoms with van der Waals surface area (Å²) in [5, 5.41) is 17.1. The summed E-state index contributed by atoms with van der Waals surface area (Å²) in [4.78, 5) is 15.8. The van der Waals surface area contributed by atoms with Crippen molar-refractivity contribution in [1.82, 2.24) is 15.2 Å². The number of aliphatic carboxylic acids is 1. The molecule has 1 aromatic carbocycles. The third kappa shape index (κ3) is 4.32. The predicted octanol–water partition coefficient (Wildman–Crippen LogP) is 4.50. The number of H-pyrrole nitrogens is 1. The Morgan fingerprint density at radius 1 is 1.32 bits per heavy atom. The van der Waals surface area contributed by atoms with E-state index < -0.39 is 5.97 Å². The SMILES string of the molecule is CCc1nc(S/C(=C/c2ccc(-c3ccc(Cl)cc3)o2)C(=O)O)n[nH]1. The molecule has 2 N–H and O–H groups in total. The van der Waals surface area contributed by atoms with Crippen LogP contribution in [-0.4, -0.2) is 26.3 Å². The number of rotatable bonds is 6. The van der Waals surface area contributed by atoms with Crippen LogP contribution in [0.5, 0.6) is 0 Å². The minimum absolute atomic E-state index is 0.0682. The Labute approximate surface area is 152 Å². The molecule has 3 aromatic rings. The van der Waals surface area contributed by atoms with Gasteiger partial charge in [0, 0.05) is 23.1 Å². The lowest BCUT2D eigenvalue weighted by atomic mass is 10.2. The average Bonchev–Trinajstić information content (AvgIpc) is 3.24. The van der Waals surface area contributed by atoms with E-state index >= 15 is 0 Å². The summed E-state index contributed by atoms with van der Waals surface area (Å²) in [6.07, 6.45) is 2.15. The maximum atomic E-state index is 11.5. The molecule has 128 valence electrons. The van der Waals surface area contributed by atoms with Gasteiger partial charge in [-0.05, 0) is 48.2 Å². The van der Waals surface area contributed by atoms with Gasteiger partial charge in [-0.25, -0.2) is 9.78 Å². The molecule has 0 spiro atoms. The Morgan fingerprint density at radius 2 is 2.08 bits per heavy atom. The molecule has 0 saturated heterocycles. The molecular formula is C17H14ClN3O3S. The smallest absolute Gasteiger partial charge is 0.342 e. The molecule has 3 rings (SSSR count). The Kier molecular flexibility index (Phi) is 5.25. The van der Waals surface area contributed by atoms with E-state index in [1.807, 2.05) is 19.1 Å². The number of halogens is 1. The second-order valence-electron chi connectivity index (χ2n) is 5.04. The van der Waals surface area contributed by atoms with E-state index in [4.69, 9.17) is 16.0 Å². The molecule has 0 amide bonds. The summed E-state index contributed by atoms with van der Waals surface area (Å²) in [7, 11) is 0. The van der Waals surface area contributed by atoms with Crippen LogP contribution in [0.1, 0.15) is 18.5 Å². The van der Waals surface area contributed by atoms with Gasteiger partial charge in [0.2, 0.25) is 5.16 Å². The van der Waals surface area contributed by atoms with E-state index in [-0.39, 0.29) is 4.91 Å². The topological polar surface area (TPSA) is 92.0 Å². The number of nitrogens with one attached hydrogen (secondary N) is 1. The van der Waals surface area contributed by atoms with Gasteiger partial charge in [0.25, 0.3) is 0 Å². The molecule has 8 heteroatoms. The van der Waals surface area contributed by atoms with Crippen molar-refractivity contribution < 1.29 is 14.3 Å². The highest BCUT2D eigenvalue weighted by molar-refractivity contribution is 8.04. The zero-order valence-corrected chi connectivity index (χ0v) is 14.8. The maximum absolute atomic E-state index is 11.5. The first-order valence-electron chi connectivity index (χ1n) is 7.45. The van der Waals surface area contributed by atoms with E-state index in [1.54, 1.807) is 24.3 Å². The number of carbonyl (C=O) groups is 1. The molecule has 0 saturated carbocycles. The molecule has 2 aromatic heterocycles. The monoisotopic (exact) mass is 375 g/mol. The molecule has 2 heterocycles. The first-order chi connectivity index (χ1) is 12.0. The van der Waals surface area contributed by atoms with Gasteiger partial charge in [0.05, 0.1) is 0 Å². The number of hydrogen-bond donors (Lipinski definition) is 2. The van der Waals surface area contributed by atoms with E-state index in [2.05, 4.69) is 15.2 Å². The quantitative estimate of drug-likeness (QED) is 0.487. The van der Waals surface area contributed by atoms with E-state index in [1.165, 1.54) is 6.08 Å². The summed E-state index contributed by atoms with van der Waals surface area (Å²) >= 11 is 6.84. The van der Waals surface area contributed by atoms with Crippen molar-refractivity contribution in [2.45, 2.75) is 18.5 Å². The van der Waals surface area contributed by atoms with Crippen LogP contribution in [0.15, 0.2) is 50.9 Å². The Bertz CT molecular complexity index is 915. The number of benzene rings is 1. The Balaban J connectivity index is 1.83. The zero-order chi connectivity index (χ0) is 17.8. The third-order valence-corrected chi connectivity index (χ3v) is 4.42. The normalized spacial score (nSPS) is 11.7. The van der Waals surface area contributed by atoms with Gasteiger partial charge in [0.15, 0.2) is 0 Å². The van der Waals surface area contributed by atoms with Gasteiger partial charge in [-0.15, -0.1) is 5.10 Å². The van der Waals surface area contributed by atoms with Gasteiger partial charge in [-0.2, -0.15) is 0 Å². The van der Waals surface area contributed by atoms with Gasteiger partial charge in [0.1, 0.15) is 22.3 Å². The van der Waals surface area contributed by atoms with Crippen molar-refractivity contribution >= 4 is 35.4 Å². The minimum Gasteiger partial charge on any atom is -0.477 e. The fourth-order valence-electron chi connectivity index (χ4n) is 2.04. The summed E-state index contributed by atoms with van der Waals surface area (Å²) < 4.78 is 5.71. The van der Waals surface area contributed by atoms with Gasteiger partial charge in [-0.1, -0.05) is 18.5 Å². The summed E-state index contributed by atoms with van der Waals surface area (Å²) in [6.45, 7) is 1.93. The minimum atomic E-state index is -1.07. The van der Waals surface area contributed by atoms with Crippen molar-refractivity contribution in [3.05, 3.63) is 57.9 Å². The van der Waals surface area contributed by atoms with Crippen LogP contribution < -0.4 is 0 Å². The van der Waals surface area contributed by atoms with E-state index in [0.29, 0.717) is 33.9 Å². The van der Waals surface area contributed by atoms with Crippen LogP contribution in [0.2, 0.25) is 5.02 Å². The lowest BCUT2D eigenvalue weighted by Crippen LogP contribution is -1.97. The molecule has 0 fully saturated rings. The molecule has 0 aliphatic rings. The lowest BCUT2D eigenvalue weighted by Gasteiger charge is -1.98. The first-order valence-corrected chi connectivity index (χ1v) is 8.64. The number of nitrogens with zero attached hydrogens (tertiary/aromatic N) is 2. The van der Waals surface area contributed by atoms with Gasteiger partial charge < -0.3 is 9.52 Å². The highest BCUT2D eigenvalue weighted by Crippen LogP contribution is 2.29. The second-order valence-corrected chi connectivity index (χ2v) is 6.49. The number of aromatic nitrogens is 3. The highest BCUT2D eigenvalue weighted by atomic mass is 35.5. The second kappa shape index (κ2) is 7.58. The predicted molar refractivity (Wildman–Crippen MR) is 96.4 cm³/mol. The maximum Gasteiger partial charge on any atom is 0.342 e. The first kappa shape index (κ1) is 17.3. The molecule has 0 aliphatic heterocycles. The van der Waals surface area contributed by atoms with Crippen LogP contribution in [0.3, 0.4) is 0 Å². The summed E-state index contributed by atoms with van der Waals surface area (Å²) in [6, 6.07) is 10.7. The largest absolute Gasteiger partial charge is 0.477 e. The molecule has 0 unspecified atom stereocenters. The molecule has 0 radical (unpaired) electrons. The Morgan fingerprint density at radius 3 is 2.72 bits per heavy atom. The van der Waals surface area contributed by atoms with Crippen LogP contribution in [-0.2, 0) is 11.2 Å². The van der Waals surface area contributed by atoms with Crippen LogP contribution >= 0.6 is 23.4 Å². The van der Waals surface area contributed by atoms with Crippen LogP contribution in [0.4, 0.5) is 0 Å². The van der Waals surface area contributed by atoms with Crippen molar-refractivity contribution in [2.24, 2.45) is 0 Å². The van der Waals surface area contributed by atoms with Gasteiger partial charge >= 0.3 is 5.97 Å². The zero-order valence-electron chi connectivity index (χ0n) is 13.2. The molecule has 25 heavy (non-hydrogen) atoms. The summed E-state index contributed by atoms with van der Waals surface area (Å²) in [5.74, 6) is 0.692. The lowest BCUT2D eigenvalue weighted by molar-refractivity contribution is -0.131. The van der Waals surface area contributed by atoms with Crippen molar-refractivity contribution in [2.75, 3.05) is 0 Å². The fraction of sp³-hybridized carbons (Fsp3) is 0.118. The molecule has 0 bridgehead atoms. The Hall–Kier alpha value is -2.51. The molecule has 0 aliphatic carbocycles. The number of furan rings is 1.